The summed E-state index contributed by atoms with van der Waals surface area (Å²) < 4.78 is 0. The third-order valence-electron chi connectivity index (χ3n) is 6.12. The van der Waals surface area contributed by atoms with Crippen LogP contribution in [0.4, 0.5) is 16.3 Å². The third kappa shape index (κ3) is 3.98. The van der Waals surface area contributed by atoms with Crippen LogP contribution in [0.2, 0.25) is 0 Å². The third-order valence-corrected chi connectivity index (χ3v) is 6.12. The summed E-state index contributed by atoms with van der Waals surface area (Å²) in [6.07, 6.45) is 5.59. The van der Waals surface area contributed by atoms with Crippen LogP contribution in [-0.4, -0.2) is 63.5 Å². The summed E-state index contributed by atoms with van der Waals surface area (Å²) in [4.78, 5) is 41.3. The number of amides is 3. The Hall–Kier alpha value is -3.62. The number of rotatable bonds is 4. The van der Waals surface area contributed by atoms with Crippen molar-refractivity contribution in [3.8, 4) is 0 Å². The molecule has 2 aliphatic rings. The van der Waals surface area contributed by atoms with E-state index in [1.165, 1.54) is 0 Å². The number of carbonyl (C=O) groups excluding carboxylic acids is 2. The van der Waals surface area contributed by atoms with Gasteiger partial charge in [-0.2, -0.15) is 0 Å². The second-order valence-electron chi connectivity index (χ2n) is 8.64. The number of aryl methyl sites for hydroxylation is 1. The molecule has 1 aliphatic heterocycles. The van der Waals surface area contributed by atoms with Crippen LogP contribution < -0.4 is 15.5 Å². The summed E-state index contributed by atoms with van der Waals surface area (Å²) in [6, 6.07) is 7.21. The molecule has 0 spiro atoms. The number of H-pyrrole nitrogens is 1. The first-order valence-corrected chi connectivity index (χ1v) is 11.0. The molecule has 3 heterocycles. The van der Waals surface area contributed by atoms with Crippen molar-refractivity contribution >= 4 is 34.5 Å². The Morgan fingerprint density at radius 3 is 2.81 bits per heavy atom. The van der Waals surface area contributed by atoms with E-state index in [1.807, 2.05) is 24.9 Å². The fourth-order valence-corrected chi connectivity index (χ4v) is 4.22. The molecular formula is C23H27N7O2. The van der Waals surface area contributed by atoms with Crippen LogP contribution in [0.5, 0.6) is 0 Å². The fraction of sp³-hybridized carbons (Fsp3) is 0.391. The maximum Gasteiger partial charge on any atom is 0.322 e. The first-order chi connectivity index (χ1) is 15.5. The van der Waals surface area contributed by atoms with Crippen molar-refractivity contribution in [2.45, 2.75) is 38.8 Å². The van der Waals surface area contributed by atoms with E-state index in [4.69, 9.17) is 0 Å². The summed E-state index contributed by atoms with van der Waals surface area (Å²) in [7, 11) is 0. The number of fused-ring (bicyclic) bond motifs is 1. The van der Waals surface area contributed by atoms with Crippen LogP contribution in [0.25, 0.3) is 11.0 Å². The zero-order valence-corrected chi connectivity index (χ0v) is 18.3. The largest absolute Gasteiger partial charge is 0.352 e. The predicted octanol–water partition coefficient (Wildman–Crippen LogP) is 2.90. The molecule has 1 aromatic carbocycles. The highest BCUT2D eigenvalue weighted by atomic mass is 16.2. The molecule has 0 bridgehead atoms. The minimum absolute atomic E-state index is 0.00522. The SMILES string of the molecule is Cc1c[nH]c2ncnc(N3CCN(C(=O)Nc4cccc(C(=O)NC5CC5)c4)[C@@H](C)C3)c12. The first-order valence-electron chi connectivity index (χ1n) is 11.0. The molecule has 9 heteroatoms. The molecule has 2 fully saturated rings. The van der Waals surface area contributed by atoms with Gasteiger partial charge in [-0.15, -0.1) is 0 Å². The van der Waals surface area contributed by atoms with Crippen molar-refractivity contribution in [1.82, 2.24) is 25.2 Å². The van der Waals surface area contributed by atoms with Crippen molar-refractivity contribution in [3.63, 3.8) is 0 Å². The van der Waals surface area contributed by atoms with Gasteiger partial charge in [0.05, 0.1) is 5.39 Å². The van der Waals surface area contributed by atoms with Gasteiger partial charge >= 0.3 is 6.03 Å². The maximum absolute atomic E-state index is 13.0. The predicted molar refractivity (Wildman–Crippen MR) is 123 cm³/mol. The average molecular weight is 434 g/mol. The van der Waals surface area contributed by atoms with Crippen molar-refractivity contribution in [1.29, 1.82) is 0 Å². The van der Waals surface area contributed by atoms with Gasteiger partial charge in [0, 0.05) is 49.2 Å². The maximum atomic E-state index is 13.0. The van der Waals surface area contributed by atoms with Crippen LogP contribution in [-0.2, 0) is 0 Å². The smallest absolute Gasteiger partial charge is 0.322 e. The minimum atomic E-state index is -0.164. The highest BCUT2D eigenvalue weighted by Gasteiger charge is 2.29. The molecule has 3 amide bonds. The molecule has 9 nitrogen and oxygen atoms in total. The summed E-state index contributed by atoms with van der Waals surface area (Å²) in [6.45, 7) is 6.00. The van der Waals surface area contributed by atoms with Gasteiger partial charge < -0.3 is 25.4 Å². The minimum Gasteiger partial charge on any atom is -0.352 e. The van der Waals surface area contributed by atoms with Crippen molar-refractivity contribution in [2.75, 3.05) is 29.9 Å². The monoisotopic (exact) mass is 433 g/mol. The second-order valence-corrected chi connectivity index (χ2v) is 8.64. The van der Waals surface area contributed by atoms with Crippen LogP contribution in [0.1, 0.15) is 35.7 Å². The van der Waals surface area contributed by atoms with Gasteiger partial charge in [0.1, 0.15) is 17.8 Å². The van der Waals surface area contributed by atoms with E-state index in [1.54, 1.807) is 30.6 Å². The van der Waals surface area contributed by atoms with E-state index in [-0.39, 0.29) is 18.0 Å². The van der Waals surface area contributed by atoms with E-state index in [9.17, 15) is 9.59 Å². The molecule has 0 radical (unpaired) electrons. The molecule has 2 aromatic heterocycles. The quantitative estimate of drug-likeness (QED) is 0.587. The highest BCUT2D eigenvalue weighted by Crippen LogP contribution is 2.28. The Bertz CT molecular complexity index is 1170. The van der Waals surface area contributed by atoms with Gasteiger partial charge in [-0.05, 0) is 50.5 Å². The standard InChI is InChI=1S/C23H27N7O2/c1-14-11-24-20-19(14)21(26-13-25-20)29-8-9-30(15(2)12-29)23(32)28-18-5-3-4-16(10-18)22(31)27-17-6-7-17/h3-5,10-11,13,15,17H,6-9,12H2,1-2H3,(H,27,31)(H,28,32)(H,24,25,26)/t15-/m0/s1. The number of hydrogen-bond acceptors (Lipinski definition) is 5. The van der Waals surface area contributed by atoms with E-state index < -0.39 is 0 Å². The second kappa shape index (κ2) is 8.14. The molecule has 5 rings (SSSR count). The average Bonchev–Trinajstić information content (AvgIpc) is 3.53. The van der Waals surface area contributed by atoms with E-state index in [2.05, 4.69) is 30.5 Å². The van der Waals surface area contributed by atoms with Crippen molar-refractivity contribution in [3.05, 3.63) is 47.9 Å². The summed E-state index contributed by atoms with van der Waals surface area (Å²) in [5.41, 5.74) is 3.11. The van der Waals surface area contributed by atoms with Gasteiger partial charge in [0.25, 0.3) is 5.91 Å². The van der Waals surface area contributed by atoms with Crippen LogP contribution in [0, 0.1) is 6.92 Å². The Morgan fingerprint density at radius 1 is 1.19 bits per heavy atom. The molecule has 3 aromatic rings. The Morgan fingerprint density at radius 2 is 2.03 bits per heavy atom. The molecule has 1 aliphatic carbocycles. The van der Waals surface area contributed by atoms with Gasteiger partial charge in [-0.3, -0.25) is 4.79 Å². The molecule has 1 atom stereocenters. The first kappa shape index (κ1) is 20.3. The zero-order valence-electron chi connectivity index (χ0n) is 18.3. The molecule has 3 N–H and O–H groups in total. The number of piperazine rings is 1. The number of hydrogen-bond donors (Lipinski definition) is 3. The number of nitrogens with zero attached hydrogens (tertiary/aromatic N) is 4. The number of nitrogens with one attached hydrogen (secondary N) is 3. The topological polar surface area (TPSA) is 106 Å². The summed E-state index contributed by atoms with van der Waals surface area (Å²) >= 11 is 0. The lowest BCUT2D eigenvalue weighted by Gasteiger charge is -2.40. The number of anilines is 2. The molecule has 1 saturated heterocycles. The van der Waals surface area contributed by atoms with Gasteiger partial charge in [-0.1, -0.05) is 6.07 Å². The molecular weight excluding hydrogens is 406 g/mol. The van der Waals surface area contributed by atoms with Gasteiger partial charge in [-0.25, -0.2) is 14.8 Å². The normalized spacial score (nSPS) is 18.6. The number of benzene rings is 1. The van der Waals surface area contributed by atoms with Gasteiger partial charge in [0.15, 0.2) is 0 Å². The highest BCUT2D eigenvalue weighted by molar-refractivity contribution is 5.97. The van der Waals surface area contributed by atoms with E-state index >= 15 is 0 Å². The number of aromatic amines is 1. The van der Waals surface area contributed by atoms with E-state index in [0.717, 1.165) is 35.3 Å². The lowest BCUT2D eigenvalue weighted by molar-refractivity contribution is 0.0951. The fourth-order valence-electron chi connectivity index (χ4n) is 4.22. The Kier molecular flexibility index (Phi) is 5.16. The lowest BCUT2D eigenvalue weighted by atomic mass is 10.1. The van der Waals surface area contributed by atoms with Crippen LogP contribution in [0.15, 0.2) is 36.8 Å². The Labute approximate surface area is 186 Å². The molecule has 166 valence electrons. The zero-order chi connectivity index (χ0) is 22.2. The number of urea groups is 1. The lowest BCUT2D eigenvalue weighted by Crippen LogP contribution is -2.55. The number of carbonyl (C=O) groups is 2. The summed E-state index contributed by atoms with van der Waals surface area (Å²) in [5.74, 6) is 0.803. The van der Waals surface area contributed by atoms with Crippen molar-refractivity contribution < 1.29 is 9.59 Å². The van der Waals surface area contributed by atoms with Crippen LogP contribution in [0.3, 0.4) is 0 Å². The molecule has 1 saturated carbocycles. The molecule has 32 heavy (non-hydrogen) atoms. The Balaban J connectivity index is 1.25. The van der Waals surface area contributed by atoms with Crippen LogP contribution >= 0.6 is 0 Å². The summed E-state index contributed by atoms with van der Waals surface area (Å²) in [5, 5.41) is 6.96. The van der Waals surface area contributed by atoms with E-state index in [0.29, 0.717) is 36.9 Å². The number of aromatic nitrogens is 3. The van der Waals surface area contributed by atoms with Gasteiger partial charge in [0.2, 0.25) is 0 Å². The van der Waals surface area contributed by atoms with Crippen molar-refractivity contribution in [2.24, 2.45) is 0 Å². The molecule has 0 unspecified atom stereocenters.